The van der Waals surface area contributed by atoms with Crippen molar-refractivity contribution >= 4 is 28.7 Å². The summed E-state index contributed by atoms with van der Waals surface area (Å²) in [5, 5.41) is 6.07. The van der Waals surface area contributed by atoms with Gasteiger partial charge in [0, 0.05) is 41.8 Å². The van der Waals surface area contributed by atoms with E-state index in [1.54, 1.807) is 18.5 Å². The Balaban J connectivity index is 1.74. The predicted octanol–water partition coefficient (Wildman–Crippen LogP) is 3.05. The zero-order chi connectivity index (χ0) is 16.1. The Morgan fingerprint density at radius 3 is 2.48 bits per heavy atom. The third-order valence-corrected chi connectivity index (χ3v) is 3.11. The largest absolute Gasteiger partial charge is 0.397 e. The van der Waals surface area contributed by atoms with E-state index in [4.69, 9.17) is 5.73 Å². The fraction of sp³-hybridized carbons (Fsp3) is 0. The molecule has 114 valence electrons. The van der Waals surface area contributed by atoms with Gasteiger partial charge in [-0.3, -0.25) is 14.8 Å². The van der Waals surface area contributed by atoms with Gasteiger partial charge in [0.15, 0.2) is 0 Å². The number of hydrogen-bond acceptors (Lipinski definition) is 5. The quantitative estimate of drug-likeness (QED) is 0.689. The van der Waals surface area contributed by atoms with Gasteiger partial charge in [0.2, 0.25) is 0 Å². The maximum absolute atomic E-state index is 12.2. The van der Waals surface area contributed by atoms with Crippen molar-refractivity contribution in [3.63, 3.8) is 0 Å². The summed E-state index contributed by atoms with van der Waals surface area (Å²) in [6.07, 6.45) is 6.39. The van der Waals surface area contributed by atoms with E-state index in [1.165, 1.54) is 12.4 Å². The number of rotatable bonds is 4. The smallest absolute Gasteiger partial charge is 0.257 e. The van der Waals surface area contributed by atoms with Crippen LogP contribution in [0.25, 0.3) is 0 Å². The topological polar surface area (TPSA) is 92.9 Å². The van der Waals surface area contributed by atoms with E-state index in [1.807, 2.05) is 36.4 Å². The summed E-state index contributed by atoms with van der Waals surface area (Å²) in [5.74, 6) is -0.258. The van der Waals surface area contributed by atoms with Gasteiger partial charge in [0.25, 0.3) is 5.91 Å². The molecule has 1 amide bonds. The van der Waals surface area contributed by atoms with Crippen LogP contribution < -0.4 is 16.4 Å². The lowest BCUT2D eigenvalue weighted by Gasteiger charge is -2.09. The van der Waals surface area contributed by atoms with Gasteiger partial charge in [-0.25, -0.2) is 0 Å². The van der Waals surface area contributed by atoms with E-state index in [-0.39, 0.29) is 5.91 Å². The minimum Gasteiger partial charge on any atom is -0.397 e. The van der Waals surface area contributed by atoms with Crippen LogP contribution >= 0.6 is 0 Å². The van der Waals surface area contributed by atoms with E-state index in [0.717, 1.165) is 11.4 Å². The molecule has 0 bridgehead atoms. The molecule has 23 heavy (non-hydrogen) atoms. The Morgan fingerprint density at radius 1 is 0.913 bits per heavy atom. The first-order valence-electron chi connectivity index (χ1n) is 7.00. The summed E-state index contributed by atoms with van der Waals surface area (Å²) in [6.45, 7) is 0. The number of benzene rings is 1. The lowest BCUT2D eigenvalue weighted by Crippen LogP contribution is -2.12. The number of nitrogens with two attached hydrogens (primary N) is 1. The first-order chi connectivity index (χ1) is 11.2. The van der Waals surface area contributed by atoms with E-state index in [9.17, 15) is 4.79 Å². The van der Waals surface area contributed by atoms with Crippen molar-refractivity contribution < 1.29 is 4.79 Å². The van der Waals surface area contributed by atoms with E-state index >= 15 is 0 Å². The van der Waals surface area contributed by atoms with E-state index < -0.39 is 0 Å². The third kappa shape index (κ3) is 3.82. The fourth-order valence-corrected chi connectivity index (χ4v) is 2.06. The van der Waals surface area contributed by atoms with Gasteiger partial charge in [-0.2, -0.15) is 0 Å². The second kappa shape index (κ2) is 6.57. The Bertz CT molecular complexity index is 820. The van der Waals surface area contributed by atoms with E-state index in [2.05, 4.69) is 20.6 Å². The summed E-state index contributed by atoms with van der Waals surface area (Å²) in [7, 11) is 0. The number of amides is 1. The summed E-state index contributed by atoms with van der Waals surface area (Å²) >= 11 is 0. The Hall–Kier alpha value is -3.41. The van der Waals surface area contributed by atoms with Gasteiger partial charge in [-0.1, -0.05) is 6.07 Å². The van der Waals surface area contributed by atoms with Crippen LogP contribution in [0.5, 0.6) is 0 Å². The number of nitrogens with zero attached hydrogens (tertiary/aromatic N) is 2. The summed E-state index contributed by atoms with van der Waals surface area (Å²) in [5.41, 5.74) is 8.96. The molecule has 0 aliphatic carbocycles. The van der Waals surface area contributed by atoms with Crippen molar-refractivity contribution in [2.75, 3.05) is 16.4 Å². The van der Waals surface area contributed by atoms with Gasteiger partial charge in [-0.05, 0) is 36.4 Å². The predicted molar refractivity (Wildman–Crippen MR) is 90.6 cm³/mol. The van der Waals surface area contributed by atoms with E-state index in [0.29, 0.717) is 16.9 Å². The summed E-state index contributed by atoms with van der Waals surface area (Å²) in [6, 6.07) is 12.7. The van der Waals surface area contributed by atoms with Crippen LogP contribution in [0, 0.1) is 0 Å². The molecule has 0 saturated heterocycles. The minimum atomic E-state index is -0.258. The zero-order valence-electron chi connectivity index (χ0n) is 12.2. The molecule has 0 aliphatic heterocycles. The lowest BCUT2D eigenvalue weighted by molar-refractivity contribution is 0.102. The highest BCUT2D eigenvalue weighted by atomic mass is 16.1. The van der Waals surface area contributed by atoms with Crippen molar-refractivity contribution in [2.45, 2.75) is 0 Å². The minimum absolute atomic E-state index is 0.258. The molecule has 0 atom stereocenters. The monoisotopic (exact) mass is 305 g/mol. The molecule has 0 aliphatic rings. The summed E-state index contributed by atoms with van der Waals surface area (Å²) in [4.78, 5) is 20.1. The molecule has 6 heteroatoms. The van der Waals surface area contributed by atoms with Crippen molar-refractivity contribution in [2.24, 2.45) is 0 Å². The maximum atomic E-state index is 12.2. The van der Waals surface area contributed by atoms with Gasteiger partial charge in [0.1, 0.15) is 0 Å². The molecule has 3 aromatic rings. The molecule has 0 fully saturated rings. The third-order valence-electron chi connectivity index (χ3n) is 3.11. The molecule has 2 aromatic heterocycles. The van der Waals surface area contributed by atoms with Crippen molar-refractivity contribution in [1.29, 1.82) is 0 Å². The van der Waals surface area contributed by atoms with Crippen LogP contribution in [0.15, 0.2) is 67.3 Å². The molecule has 0 radical (unpaired) electrons. The normalized spacial score (nSPS) is 10.1. The Morgan fingerprint density at radius 2 is 1.70 bits per heavy atom. The molecule has 2 heterocycles. The molecular weight excluding hydrogens is 290 g/mol. The van der Waals surface area contributed by atoms with Crippen LogP contribution in [0.1, 0.15) is 10.4 Å². The number of carbonyl (C=O) groups is 1. The van der Waals surface area contributed by atoms with Crippen LogP contribution in [-0.2, 0) is 0 Å². The number of pyridine rings is 2. The highest BCUT2D eigenvalue weighted by molar-refractivity contribution is 6.04. The van der Waals surface area contributed by atoms with Crippen LogP contribution in [0.3, 0.4) is 0 Å². The SMILES string of the molecule is Nc1cncc(C(=O)Nc2cccc(Nc3ccncc3)c2)c1. The number of nitrogens with one attached hydrogen (secondary N) is 2. The second-order valence-corrected chi connectivity index (χ2v) is 4.90. The highest BCUT2D eigenvalue weighted by Crippen LogP contribution is 2.20. The van der Waals surface area contributed by atoms with Crippen molar-refractivity contribution in [3.05, 3.63) is 72.8 Å². The first-order valence-corrected chi connectivity index (χ1v) is 7.00. The van der Waals surface area contributed by atoms with Crippen LogP contribution in [-0.4, -0.2) is 15.9 Å². The molecule has 3 rings (SSSR count). The average Bonchev–Trinajstić information content (AvgIpc) is 2.56. The molecule has 6 nitrogen and oxygen atoms in total. The second-order valence-electron chi connectivity index (χ2n) is 4.90. The molecular formula is C17H15N5O. The Labute approximate surface area is 133 Å². The zero-order valence-corrected chi connectivity index (χ0v) is 12.2. The molecule has 4 N–H and O–H groups in total. The number of nitrogen functional groups attached to an aromatic ring is 1. The van der Waals surface area contributed by atoms with Crippen LogP contribution in [0.2, 0.25) is 0 Å². The maximum Gasteiger partial charge on any atom is 0.257 e. The first kappa shape index (κ1) is 14.5. The number of carbonyl (C=O) groups excluding carboxylic acids is 1. The number of hydrogen-bond donors (Lipinski definition) is 3. The molecule has 0 spiro atoms. The lowest BCUT2D eigenvalue weighted by atomic mass is 10.2. The van der Waals surface area contributed by atoms with Crippen LogP contribution in [0.4, 0.5) is 22.7 Å². The molecule has 1 aromatic carbocycles. The van der Waals surface area contributed by atoms with Gasteiger partial charge < -0.3 is 16.4 Å². The van der Waals surface area contributed by atoms with Gasteiger partial charge in [-0.15, -0.1) is 0 Å². The van der Waals surface area contributed by atoms with Gasteiger partial charge >= 0.3 is 0 Å². The highest BCUT2D eigenvalue weighted by Gasteiger charge is 2.07. The van der Waals surface area contributed by atoms with Crippen molar-refractivity contribution in [1.82, 2.24) is 9.97 Å². The number of aromatic nitrogens is 2. The standard InChI is InChI=1S/C17H15N5O/c18-13-8-12(10-20-11-13)17(23)22-16-3-1-2-15(9-16)21-14-4-6-19-7-5-14/h1-11H,18H2,(H,19,21)(H,22,23). The van der Waals surface area contributed by atoms with Crippen molar-refractivity contribution in [3.8, 4) is 0 Å². The number of anilines is 4. The summed E-state index contributed by atoms with van der Waals surface area (Å²) < 4.78 is 0. The van der Waals surface area contributed by atoms with Gasteiger partial charge in [0.05, 0.1) is 11.3 Å². The Kier molecular flexibility index (Phi) is 4.15. The average molecular weight is 305 g/mol. The fourth-order valence-electron chi connectivity index (χ4n) is 2.06. The molecule has 0 saturated carbocycles. The molecule has 0 unspecified atom stereocenters.